The fourth-order valence-corrected chi connectivity index (χ4v) is 1.74. The molecule has 2 atom stereocenters. The maximum absolute atomic E-state index is 11.6. The molecular weight excluding hydrogens is 192 g/mol. The molecule has 0 radical (unpaired) electrons. The third-order valence-electron chi connectivity index (χ3n) is 2.79. The lowest BCUT2D eigenvalue weighted by Crippen LogP contribution is -2.41. The van der Waals surface area contributed by atoms with Gasteiger partial charge in [0.05, 0.1) is 19.1 Å². The van der Waals surface area contributed by atoms with E-state index in [0.717, 1.165) is 13.0 Å². The summed E-state index contributed by atoms with van der Waals surface area (Å²) in [5.74, 6) is -0.0901. The second kappa shape index (κ2) is 6.80. The lowest BCUT2D eigenvalue weighted by atomic mass is 10.0. The monoisotopic (exact) mass is 214 g/mol. The number of hydrogen-bond acceptors (Lipinski definition) is 3. The molecule has 1 saturated heterocycles. The number of hydrogen-bond donors (Lipinski definition) is 2. The molecule has 4 nitrogen and oxygen atoms in total. The van der Waals surface area contributed by atoms with Gasteiger partial charge in [-0.3, -0.25) is 4.79 Å². The summed E-state index contributed by atoms with van der Waals surface area (Å²) in [6, 6.07) is -0.124. The van der Waals surface area contributed by atoms with E-state index in [1.165, 1.54) is 19.3 Å². The van der Waals surface area contributed by atoms with Crippen LogP contribution in [0.2, 0.25) is 0 Å². The van der Waals surface area contributed by atoms with E-state index in [4.69, 9.17) is 10.5 Å². The first-order chi connectivity index (χ1) is 7.25. The molecule has 0 aliphatic carbocycles. The number of rotatable bonds is 6. The van der Waals surface area contributed by atoms with Crippen LogP contribution in [0.3, 0.4) is 0 Å². The Balaban J connectivity index is 2.08. The van der Waals surface area contributed by atoms with E-state index in [2.05, 4.69) is 12.2 Å². The van der Waals surface area contributed by atoms with Crippen LogP contribution >= 0.6 is 0 Å². The highest BCUT2D eigenvalue weighted by atomic mass is 16.5. The van der Waals surface area contributed by atoms with Gasteiger partial charge in [0.15, 0.2) is 0 Å². The molecule has 88 valence electrons. The fraction of sp³-hybridized carbons (Fsp3) is 0.909. The van der Waals surface area contributed by atoms with Crippen molar-refractivity contribution < 1.29 is 9.53 Å². The molecule has 1 heterocycles. The summed E-state index contributed by atoms with van der Waals surface area (Å²) in [7, 11) is 0. The topological polar surface area (TPSA) is 64.3 Å². The molecule has 1 aliphatic rings. The number of ether oxygens (including phenoxy) is 1. The van der Waals surface area contributed by atoms with Crippen molar-refractivity contribution in [3.05, 3.63) is 0 Å². The fourth-order valence-electron chi connectivity index (χ4n) is 1.74. The lowest BCUT2D eigenvalue weighted by molar-refractivity contribution is -0.125. The number of unbranched alkanes of at least 4 members (excludes halogenated alkanes) is 3. The Bertz CT molecular complexity index is 197. The van der Waals surface area contributed by atoms with Gasteiger partial charge < -0.3 is 15.8 Å². The molecule has 0 bridgehead atoms. The Morgan fingerprint density at radius 1 is 1.40 bits per heavy atom. The van der Waals surface area contributed by atoms with Gasteiger partial charge >= 0.3 is 0 Å². The van der Waals surface area contributed by atoms with Crippen LogP contribution in [0.1, 0.15) is 32.6 Å². The van der Waals surface area contributed by atoms with Gasteiger partial charge in [-0.05, 0) is 6.42 Å². The average Bonchev–Trinajstić information content (AvgIpc) is 2.64. The Hall–Kier alpha value is -0.610. The van der Waals surface area contributed by atoms with Crippen molar-refractivity contribution in [1.29, 1.82) is 0 Å². The second-order valence-corrected chi connectivity index (χ2v) is 4.16. The molecule has 1 fully saturated rings. The molecule has 15 heavy (non-hydrogen) atoms. The first-order valence-corrected chi connectivity index (χ1v) is 5.86. The summed E-state index contributed by atoms with van der Waals surface area (Å²) in [6.45, 7) is 3.92. The Labute approximate surface area is 91.5 Å². The van der Waals surface area contributed by atoms with Crippen molar-refractivity contribution in [2.45, 2.75) is 38.6 Å². The van der Waals surface area contributed by atoms with E-state index in [9.17, 15) is 4.79 Å². The molecule has 1 aliphatic heterocycles. The van der Waals surface area contributed by atoms with E-state index in [0.29, 0.717) is 13.2 Å². The quantitative estimate of drug-likeness (QED) is 0.638. The molecular formula is C11H22N2O2. The van der Waals surface area contributed by atoms with E-state index >= 15 is 0 Å². The summed E-state index contributed by atoms with van der Waals surface area (Å²) >= 11 is 0. The molecule has 0 aromatic heterocycles. The third-order valence-corrected chi connectivity index (χ3v) is 2.79. The van der Waals surface area contributed by atoms with E-state index < -0.39 is 0 Å². The standard InChI is InChI=1S/C11H22N2O2/c1-2-3-4-5-6-13-11(14)9-7-15-8-10(9)12/h9-10H,2-8,12H2,1H3,(H,13,14). The van der Waals surface area contributed by atoms with Crippen molar-refractivity contribution in [2.75, 3.05) is 19.8 Å². The molecule has 4 heteroatoms. The van der Waals surface area contributed by atoms with Crippen molar-refractivity contribution in [2.24, 2.45) is 11.7 Å². The van der Waals surface area contributed by atoms with Gasteiger partial charge in [0.1, 0.15) is 0 Å². The normalized spacial score (nSPS) is 25.5. The smallest absolute Gasteiger partial charge is 0.227 e. The van der Waals surface area contributed by atoms with Gasteiger partial charge in [-0.15, -0.1) is 0 Å². The minimum absolute atomic E-state index is 0.0523. The number of nitrogens with one attached hydrogen (secondary N) is 1. The molecule has 3 N–H and O–H groups in total. The van der Waals surface area contributed by atoms with Crippen LogP contribution in [0.4, 0.5) is 0 Å². The maximum Gasteiger partial charge on any atom is 0.227 e. The Morgan fingerprint density at radius 2 is 2.20 bits per heavy atom. The largest absolute Gasteiger partial charge is 0.379 e. The molecule has 0 aromatic carbocycles. The minimum atomic E-state index is -0.142. The highest BCUT2D eigenvalue weighted by Crippen LogP contribution is 2.11. The molecule has 1 amide bonds. The van der Waals surface area contributed by atoms with Crippen LogP contribution < -0.4 is 11.1 Å². The predicted molar refractivity (Wildman–Crippen MR) is 59.4 cm³/mol. The molecule has 0 spiro atoms. The zero-order valence-corrected chi connectivity index (χ0v) is 9.50. The van der Waals surface area contributed by atoms with Crippen LogP contribution in [0.15, 0.2) is 0 Å². The number of amides is 1. The second-order valence-electron chi connectivity index (χ2n) is 4.16. The molecule has 0 aromatic rings. The first kappa shape index (κ1) is 12.5. The van der Waals surface area contributed by atoms with Crippen molar-refractivity contribution in [3.63, 3.8) is 0 Å². The number of carbonyl (C=O) groups excluding carboxylic acids is 1. The number of carbonyl (C=O) groups is 1. The van der Waals surface area contributed by atoms with Gasteiger partial charge in [-0.1, -0.05) is 26.2 Å². The highest BCUT2D eigenvalue weighted by molar-refractivity contribution is 5.79. The predicted octanol–water partition coefficient (Wildman–Crippen LogP) is 0.657. The zero-order valence-electron chi connectivity index (χ0n) is 9.50. The molecule has 0 saturated carbocycles. The van der Waals surface area contributed by atoms with Gasteiger partial charge in [0, 0.05) is 12.6 Å². The Morgan fingerprint density at radius 3 is 2.80 bits per heavy atom. The summed E-state index contributed by atoms with van der Waals surface area (Å²) in [4.78, 5) is 11.6. The maximum atomic E-state index is 11.6. The van der Waals surface area contributed by atoms with Crippen LogP contribution in [0.5, 0.6) is 0 Å². The summed E-state index contributed by atoms with van der Waals surface area (Å²) in [5, 5.41) is 2.91. The Kier molecular flexibility index (Phi) is 5.65. The van der Waals surface area contributed by atoms with E-state index in [1.54, 1.807) is 0 Å². The average molecular weight is 214 g/mol. The van der Waals surface area contributed by atoms with Gasteiger partial charge in [-0.25, -0.2) is 0 Å². The highest BCUT2D eigenvalue weighted by Gasteiger charge is 2.30. The third kappa shape index (κ3) is 4.18. The van der Waals surface area contributed by atoms with E-state index in [-0.39, 0.29) is 17.9 Å². The van der Waals surface area contributed by atoms with Crippen LogP contribution in [0.25, 0.3) is 0 Å². The van der Waals surface area contributed by atoms with Crippen molar-refractivity contribution in [1.82, 2.24) is 5.32 Å². The number of nitrogens with two attached hydrogens (primary N) is 1. The zero-order chi connectivity index (χ0) is 11.1. The van der Waals surface area contributed by atoms with Crippen LogP contribution in [0, 0.1) is 5.92 Å². The summed E-state index contributed by atoms with van der Waals surface area (Å²) in [5.41, 5.74) is 5.75. The van der Waals surface area contributed by atoms with Crippen LogP contribution in [-0.2, 0) is 9.53 Å². The molecule has 2 unspecified atom stereocenters. The first-order valence-electron chi connectivity index (χ1n) is 5.86. The van der Waals surface area contributed by atoms with Crippen molar-refractivity contribution >= 4 is 5.91 Å². The summed E-state index contributed by atoms with van der Waals surface area (Å²) in [6.07, 6.45) is 4.70. The SMILES string of the molecule is CCCCCCNC(=O)C1COCC1N. The minimum Gasteiger partial charge on any atom is -0.379 e. The summed E-state index contributed by atoms with van der Waals surface area (Å²) < 4.78 is 5.15. The van der Waals surface area contributed by atoms with E-state index in [1.807, 2.05) is 0 Å². The van der Waals surface area contributed by atoms with Gasteiger partial charge in [-0.2, -0.15) is 0 Å². The van der Waals surface area contributed by atoms with Gasteiger partial charge in [0.2, 0.25) is 5.91 Å². The van der Waals surface area contributed by atoms with Crippen molar-refractivity contribution in [3.8, 4) is 0 Å². The molecule has 1 rings (SSSR count). The lowest BCUT2D eigenvalue weighted by Gasteiger charge is -2.12. The van der Waals surface area contributed by atoms with Crippen LogP contribution in [-0.4, -0.2) is 31.7 Å². The van der Waals surface area contributed by atoms with Gasteiger partial charge in [0.25, 0.3) is 0 Å².